The largest absolute Gasteiger partial charge is 0.496 e. The topological polar surface area (TPSA) is 47.6 Å². The van der Waals surface area contributed by atoms with Gasteiger partial charge in [0.25, 0.3) is 0 Å². The first-order chi connectivity index (χ1) is 6.22. The van der Waals surface area contributed by atoms with Gasteiger partial charge >= 0.3 is 0 Å². The quantitative estimate of drug-likeness (QED) is 0.813. The lowest BCUT2D eigenvalue weighted by Crippen LogP contribution is -2.12. The van der Waals surface area contributed by atoms with Crippen molar-refractivity contribution in [3.05, 3.63) is 27.7 Å². The molecule has 0 unspecified atom stereocenters. The number of rotatable bonds is 1. The standard InChI is InChI=1S/C9H9BrN2O/c1-13-7-3-6(10)2-5-4-12-9(11)8(5)7/h2-3H,4H2,1H3,(H2,11,12). The molecule has 1 aliphatic rings. The number of nitrogens with two attached hydrogens (primary N) is 1. The zero-order chi connectivity index (χ0) is 9.42. The highest BCUT2D eigenvalue weighted by atomic mass is 79.9. The van der Waals surface area contributed by atoms with Gasteiger partial charge in [0, 0.05) is 4.47 Å². The number of hydrogen-bond donors (Lipinski definition) is 1. The molecule has 0 saturated carbocycles. The zero-order valence-corrected chi connectivity index (χ0v) is 8.76. The van der Waals surface area contributed by atoms with Gasteiger partial charge in [-0.2, -0.15) is 0 Å². The molecule has 0 fully saturated rings. The normalized spacial score (nSPS) is 13.8. The van der Waals surface area contributed by atoms with Gasteiger partial charge in [-0.3, -0.25) is 4.99 Å². The molecule has 0 bridgehead atoms. The van der Waals surface area contributed by atoms with E-state index in [0.29, 0.717) is 12.4 Å². The Morgan fingerprint density at radius 3 is 3.00 bits per heavy atom. The van der Waals surface area contributed by atoms with E-state index in [1.807, 2.05) is 12.1 Å². The molecule has 1 aromatic carbocycles. The summed E-state index contributed by atoms with van der Waals surface area (Å²) in [5.41, 5.74) is 7.78. The van der Waals surface area contributed by atoms with Gasteiger partial charge in [-0.1, -0.05) is 15.9 Å². The molecule has 0 aliphatic carbocycles. The van der Waals surface area contributed by atoms with Crippen molar-refractivity contribution in [1.82, 2.24) is 0 Å². The van der Waals surface area contributed by atoms with Gasteiger partial charge in [0.2, 0.25) is 0 Å². The van der Waals surface area contributed by atoms with E-state index < -0.39 is 0 Å². The molecule has 0 saturated heterocycles. The maximum atomic E-state index is 5.73. The van der Waals surface area contributed by atoms with Gasteiger partial charge in [0.05, 0.1) is 19.2 Å². The second-order valence-corrected chi connectivity index (χ2v) is 3.76. The predicted molar refractivity (Wildman–Crippen MR) is 55.1 cm³/mol. The van der Waals surface area contributed by atoms with Gasteiger partial charge in [-0.05, 0) is 17.7 Å². The molecule has 0 aromatic heterocycles. The second-order valence-electron chi connectivity index (χ2n) is 2.84. The number of amidine groups is 1. The molecular formula is C9H9BrN2O. The summed E-state index contributed by atoms with van der Waals surface area (Å²) >= 11 is 3.40. The molecule has 0 spiro atoms. The third-order valence-corrected chi connectivity index (χ3v) is 2.50. The number of fused-ring (bicyclic) bond motifs is 1. The molecule has 3 nitrogen and oxygen atoms in total. The van der Waals surface area contributed by atoms with E-state index in [9.17, 15) is 0 Å². The van der Waals surface area contributed by atoms with E-state index in [0.717, 1.165) is 21.3 Å². The van der Waals surface area contributed by atoms with E-state index in [4.69, 9.17) is 10.5 Å². The average molecular weight is 241 g/mol. The maximum absolute atomic E-state index is 5.73. The van der Waals surface area contributed by atoms with Crippen molar-refractivity contribution in [3.8, 4) is 5.75 Å². The van der Waals surface area contributed by atoms with Crippen LogP contribution in [0.4, 0.5) is 0 Å². The van der Waals surface area contributed by atoms with E-state index in [1.54, 1.807) is 7.11 Å². The van der Waals surface area contributed by atoms with Crippen LogP contribution >= 0.6 is 15.9 Å². The van der Waals surface area contributed by atoms with E-state index in [2.05, 4.69) is 20.9 Å². The number of halogens is 1. The predicted octanol–water partition coefficient (Wildman–Crippen LogP) is 1.68. The van der Waals surface area contributed by atoms with Crippen LogP contribution in [0.3, 0.4) is 0 Å². The van der Waals surface area contributed by atoms with E-state index >= 15 is 0 Å². The number of nitrogens with zero attached hydrogens (tertiary/aromatic N) is 1. The third-order valence-electron chi connectivity index (χ3n) is 2.04. The minimum absolute atomic E-state index is 0.569. The molecule has 2 rings (SSSR count). The summed E-state index contributed by atoms with van der Waals surface area (Å²) in [6, 6.07) is 3.91. The third kappa shape index (κ3) is 1.31. The van der Waals surface area contributed by atoms with Gasteiger partial charge in [0.15, 0.2) is 0 Å². The molecule has 0 amide bonds. The minimum atomic E-state index is 0.569. The SMILES string of the molecule is COc1cc(Br)cc2c1C(N)=NC2. The number of benzene rings is 1. The summed E-state index contributed by atoms with van der Waals surface area (Å²) < 4.78 is 6.21. The van der Waals surface area contributed by atoms with Crippen molar-refractivity contribution in [2.45, 2.75) is 6.54 Å². The number of aliphatic imine (C=N–C) groups is 1. The van der Waals surface area contributed by atoms with Crippen LogP contribution in [-0.2, 0) is 6.54 Å². The lowest BCUT2D eigenvalue weighted by Gasteiger charge is -2.07. The molecule has 1 aliphatic heterocycles. The summed E-state index contributed by atoms with van der Waals surface area (Å²) in [5.74, 6) is 1.35. The summed E-state index contributed by atoms with van der Waals surface area (Å²) in [6.45, 7) is 0.650. The van der Waals surface area contributed by atoms with Crippen molar-refractivity contribution in [3.63, 3.8) is 0 Å². The van der Waals surface area contributed by atoms with Crippen molar-refractivity contribution >= 4 is 21.8 Å². The Hall–Kier alpha value is -1.03. The van der Waals surface area contributed by atoms with E-state index in [-0.39, 0.29) is 0 Å². The van der Waals surface area contributed by atoms with Crippen LogP contribution in [0.5, 0.6) is 5.75 Å². The Morgan fingerprint density at radius 2 is 2.31 bits per heavy atom. The average Bonchev–Trinajstić information content (AvgIpc) is 2.46. The highest BCUT2D eigenvalue weighted by Gasteiger charge is 2.18. The van der Waals surface area contributed by atoms with Crippen LogP contribution in [0.1, 0.15) is 11.1 Å². The maximum Gasteiger partial charge on any atom is 0.131 e. The molecule has 13 heavy (non-hydrogen) atoms. The smallest absolute Gasteiger partial charge is 0.131 e. The van der Waals surface area contributed by atoms with Gasteiger partial charge < -0.3 is 10.5 Å². The fourth-order valence-electron chi connectivity index (χ4n) is 1.46. The molecular weight excluding hydrogens is 232 g/mol. The van der Waals surface area contributed by atoms with E-state index in [1.165, 1.54) is 0 Å². The minimum Gasteiger partial charge on any atom is -0.496 e. The van der Waals surface area contributed by atoms with Crippen LogP contribution in [0.2, 0.25) is 0 Å². The molecule has 2 N–H and O–H groups in total. The van der Waals surface area contributed by atoms with Gasteiger partial charge in [-0.25, -0.2) is 0 Å². The fourth-order valence-corrected chi connectivity index (χ4v) is 1.95. The Labute approximate surface area is 84.7 Å². The first kappa shape index (κ1) is 8.56. The number of ether oxygens (including phenoxy) is 1. The summed E-state index contributed by atoms with van der Waals surface area (Å²) in [5, 5.41) is 0. The molecule has 1 heterocycles. The highest BCUT2D eigenvalue weighted by molar-refractivity contribution is 9.10. The summed E-state index contributed by atoms with van der Waals surface area (Å²) in [6.07, 6.45) is 0. The fraction of sp³-hybridized carbons (Fsp3) is 0.222. The van der Waals surface area contributed by atoms with Gasteiger partial charge in [0.1, 0.15) is 11.6 Å². The summed E-state index contributed by atoms with van der Waals surface area (Å²) in [4.78, 5) is 4.15. The second kappa shape index (κ2) is 3.03. The van der Waals surface area contributed by atoms with Crippen LogP contribution < -0.4 is 10.5 Å². The number of hydrogen-bond acceptors (Lipinski definition) is 3. The van der Waals surface area contributed by atoms with Gasteiger partial charge in [-0.15, -0.1) is 0 Å². The zero-order valence-electron chi connectivity index (χ0n) is 7.17. The molecule has 4 heteroatoms. The van der Waals surface area contributed by atoms with Crippen LogP contribution in [0, 0.1) is 0 Å². The first-order valence-corrected chi connectivity index (χ1v) is 4.68. The molecule has 68 valence electrons. The molecule has 0 radical (unpaired) electrons. The van der Waals surface area contributed by atoms with Crippen molar-refractivity contribution in [2.75, 3.05) is 7.11 Å². The Balaban J connectivity index is 2.63. The van der Waals surface area contributed by atoms with Crippen LogP contribution in [-0.4, -0.2) is 12.9 Å². The van der Waals surface area contributed by atoms with Crippen LogP contribution in [0.15, 0.2) is 21.6 Å². The highest BCUT2D eigenvalue weighted by Crippen LogP contribution is 2.30. The van der Waals surface area contributed by atoms with Crippen molar-refractivity contribution in [1.29, 1.82) is 0 Å². The Morgan fingerprint density at radius 1 is 1.54 bits per heavy atom. The molecule has 1 aromatic rings. The lowest BCUT2D eigenvalue weighted by molar-refractivity contribution is 0.413. The first-order valence-electron chi connectivity index (χ1n) is 3.89. The lowest BCUT2D eigenvalue weighted by atomic mass is 10.1. The number of methoxy groups -OCH3 is 1. The van der Waals surface area contributed by atoms with Crippen LogP contribution in [0.25, 0.3) is 0 Å². The Kier molecular flexibility index (Phi) is 2.00. The Bertz CT molecular complexity index is 387. The van der Waals surface area contributed by atoms with Crippen molar-refractivity contribution in [2.24, 2.45) is 10.7 Å². The van der Waals surface area contributed by atoms with Crippen molar-refractivity contribution < 1.29 is 4.74 Å². The molecule has 0 atom stereocenters. The summed E-state index contributed by atoms with van der Waals surface area (Å²) in [7, 11) is 1.63. The monoisotopic (exact) mass is 240 g/mol.